The normalized spacial score (nSPS) is 10.6. The third kappa shape index (κ3) is 4.14. The molecule has 0 atom stereocenters. The number of carbonyl (C=O) groups excluding carboxylic acids is 2. The Balaban J connectivity index is 1.93. The van der Waals surface area contributed by atoms with Crippen LogP contribution in [0.1, 0.15) is 15.2 Å². The van der Waals surface area contributed by atoms with Crippen molar-refractivity contribution < 1.29 is 14.0 Å². The molecule has 4 nitrogen and oxygen atoms in total. The van der Waals surface area contributed by atoms with Crippen LogP contribution in [0, 0.1) is 5.82 Å². The molecule has 1 heterocycles. The highest BCUT2D eigenvalue weighted by molar-refractivity contribution is 7.12. The summed E-state index contributed by atoms with van der Waals surface area (Å²) in [5, 5.41) is 1.94. The summed E-state index contributed by atoms with van der Waals surface area (Å²) in [6.07, 6.45) is 2.32. The Morgan fingerprint density at radius 2 is 2.00 bits per heavy atom. The van der Waals surface area contributed by atoms with Crippen LogP contribution >= 0.6 is 22.9 Å². The summed E-state index contributed by atoms with van der Waals surface area (Å²) in [5.74, 6) is -1.55. The second-order valence-corrected chi connectivity index (χ2v) is 5.24. The van der Waals surface area contributed by atoms with E-state index in [9.17, 15) is 14.0 Å². The monoisotopic (exact) mass is 324 g/mol. The molecule has 0 fully saturated rings. The van der Waals surface area contributed by atoms with Crippen LogP contribution in [-0.2, 0) is 4.79 Å². The van der Waals surface area contributed by atoms with Gasteiger partial charge < -0.3 is 0 Å². The van der Waals surface area contributed by atoms with E-state index in [2.05, 4.69) is 10.9 Å². The molecule has 21 heavy (non-hydrogen) atoms. The maximum absolute atomic E-state index is 13.5. The summed E-state index contributed by atoms with van der Waals surface area (Å²) in [6.45, 7) is 0. The largest absolute Gasteiger partial charge is 0.279 e. The Labute approximate surface area is 129 Å². The van der Waals surface area contributed by atoms with Gasteiger partial charge in [-0.25, -0.2) is 4.39 Å². The first-order valence-electron chi connectivity index (χ1n) is 5.84. The molecule has 108 valence electrons. The topological polar surface area (TPSA) is 58.2 Å². The Bertz CT molecular complexity index is 666. The number of hydrazine groups is 1. The van der Waals surface area contributed by atoms with Gasteiger partial charge in [0.25, 0.3) is 11.8 Å². The average molecular weight is 325 g/mol. The highest BCUT2D eigenvalue weighted by Gasteiger charge is 2.07. The van der Waals surface area contributed by atoms with Gasteiger partial charge in [-0.2, -0.15) is 0 Å². The standard InChI is InChI=1S/C14H10ClFN2O2S/c15-10-3-1-4-11(16)9(10)6-7-13(19)17-18-14(20)12-5-2-8-21-12/h1-8H,(H,17,19)(H,18,20)/b7-6+. The van der Waals surface area contributed by atoms with Crippen LogP contribution < -0.4 is 10.9 Å². The number of carbonyl (C=O) groups is 2. The van der Waals surface area contributed by atoms with Gasteiger partial charge in [0, 0.05) is 11.6 Å². The number of thiophene rings is 1. The van der Waals surface area contributed by atoms with Gasteiger partial charge in [0.15, 0.2) is 0 Å². The fourth-order valence-electron chi connectivity index (χ4n) is 1.46. The van der Waals surface area contributed by atoms with Crippen molar-refractivity contribution >= 4 is 40.8 Å². The third-order valence-electron chi connectivity index (χ3n) is 2.45. The molecule has 0 bridgehead atoms. The van der Waals surface area contributed by atoms with Crippen LogP contribution in [0.2, 0.25) is 5.02 Å². The third-order valence-corrected chi connectivity index (χ3v) is 3.64. The molecule has 2 N–H and O–H groups in total. The van der Waals surface area contributed by atoms with E-state index in [0.29, 0.717) is 4.88 Å². The van der Waals surface area contributed by atoms with Crippen molar-refractivity contribution in [3.63, 3.8) is 0 Å². The number of halogens is 2. The van der Waals surface area contributed by atoms with Crippen LogP contribution in [-0.4, -0.2) is 11.8 Å². The van der Waals surface area contributed by atoms with E-state index in [-0.39, 0.29) is 10.6 Å². The van der Waals surface area contributed by atoms with E-state index < -0.39 is 17.6 Å². The van der Waals surface area contributed by atoms with Crippen molar-refractivity contribution in [1.82, 2.24) is 10.9 Å². The van der Waals surface area contributed by atoms with Gasteiger partial charge in [0.05, 0.1) is 9.90 Å². The molecular formula is C14H10ClFN2O2S. The molecule has 0 radical (unpaired) electrons. The summed E-state index contributed by atoms with van der Waals surface area (Å²) in [6, 6.07) is 7.57. The maximum atomic E-state index is 13.5. The van der Waals surface area contributed by atoms with Gasteiger partial charge in [-0.15, -0.1) is 11.3 Å². The quantitative estimate of drug-likeness (QED) is 0.673. The Hall–Kier alpha value is -2.18. The van der Waals surface area contributed by atoms with E-state index in [4.69, 9.17) is 11.6 Å². The number of nitrogens with one attached hydrogen (secondary N) is 2. The minimum absolute atomic E-state index is 0.110. The number of hydrogen-bond donors (Lipinski definition) is 2. The lowest BCUT2D eigenvalue weighted by molar-refractivity contribution is -0.117. The zero-order valence-electron chi connectivity index (χ0n) is 10.6. The number of amides is 2. The highest BCUT2D eigenvalue weighted by atomic mass is 35.5. The molecule has 0 aliphatic carbocycles. The summed E-state index contributed by atoms with van der Waals surface area (Å²) in [7, 11) is 0. The SMILES string of the molecule is O=C(/C=C/c1c(F)cccc1Cl)NNC(=O)c1cccs1. The molecule has 0 spiro atoms. The summed E-state index contributed by atoms with van der Waals surface area (Å²) < 4.78 is 13.5. The van der Waals surface area contributed by atoms with E-state index in [0.717, 1.165) is 6.08 Å². The highest BCUT2D eigenvalue weighted by Crippen LogP contribution is 2.20. The molecule has 0 unspecified atom stereocenters. The lowest BCUT2D eigenvalue weighted by atomic mass is 10.2. The van der Waals surface area contributed by atoms with Crippen LogP contribution in [0.4, 0.5) is 4.39 Å². The molecule has 2 aromatic rings. The second-order valence-electron chi connectivity index (χ2n) is 3.89. The fourth-order valence-corrected chi connectivity index (χ4v) is 2.30. The molecule has 2 rings (SSSR count). The summed E-state index contributed by atoms with van der Waals surface area (Å²) >= 11 is 7.07. The van der Waals surface area contributed by atoms with Crippen molar-refractivity contribution in [2.24, 2.45) is 0 Å². The van der Waals surface area contributed by atoms with Crippen molar-refractivity contribution in [1.29, 1.82) is 0 Å². The smallest absolute Gasteiger partial charge is 0.268 e. The van der Waals surface area contributed by atoms with Gasteiger partial charge in [-0.1, -0.05) is 23.7 Å². The van der Waals surface area contributed by atoms with Crippen molar-refractivity contribution in [3.05, 3.63) is 63.1 Å². The van der Waals surface area contributed by atoms with Crippen LogP contribution in [0.25, 0.3) is 6.08 Å². The van der Waals surface area contributed by atoms with E-state index in [1.54, 1.807) is 17.5 Å². The fraction of sp³-hybridized carbons (Fsp3) is 0. The summed E-state index contributed by atoms with van der Waals surface area (Å²) in [5.41, 5.74) is 4.55. The zero-order chi connectivity index (χ0) is 15.2. The summed E-state index contributed by atoms with van der Waals surface area (Å²) in [4.78, 5) is 23.6. The molecule has 1 aromatic carbocycles. The first-order chi connectivity index (χ1) is 10.1. The number of benzene rings is 1. The first kappa shape index (κ1) is 15.2. The minimum atomic E-state index is -0.598. The molecule has 0 saturated carbocycles. The van der Waals surface area contributed by atoms with Gasteiger partial charge in [0.1, 0.15) is 5.82 Å². The van der Waals surface area contributed by atoms with Gasteiger partial charge in [-0.3, -0.25) is 20.4 Å². The van der Waals surface area contributed by atoms with Crippen LogP contribution in [0.5, 0.6) is 0 Å². The molecule has 0 aliphatic heterocycles. The average Bonchev–Trinajstić information content (AvgIpc) is 2.98. The van der Waals surface area contributed by atoms with Gasteiger partial charge in [0.2, 0.25) is 0 Å². The van der Waals surface area contributed by atoms with E-state index in [1.807, 2.05) is 0 Å². The van der Waals surface area contributed by atoms with E-state index >= 15 is 0 Å². The lowest BCUT2D eigenvalue weighted by Gasteiger charge is -2.03. The minimum Gasteiger partial charge on any atom is -0.268 e. The predicted octanol–water partition coefficient (Wildman–Crippen LogP) is 3.02. The number of rotatable bonds is 3. The maximum Gasteiger partial charge on any atom is 0.279 e. The van der Waals surface area contributed by atoms with Crippen molar-refractivity contribution in [2.45, 2.75) is 0 Å². The second kappa shape index (κ2) is 7.01. The molecule has 0 aliphatic rings. The molecule has 2 amide bonds. The van der Waals surface area contributed by atoms with E-state index in [1.165, 1.54) is 35.6 Å². The molecule has 7 heteroatoms. The number of hydrogen-bond acceptors (Lipinski definition) is 3. The first-order valence-corrected chi connectivity index (χ1v) is 7.09. The van der Waals surface area contributed by atoms with Gasteiger partial charge >= 0.3 is 0 Å². The Kier molecular flexibility index (Phi) is 5.08. The van der Waals surface area contributed by atoms with Crippen molar-refractivity contribution in [3.8, 4) is 0 Å². The zero-order valence-corrected chi connectivity index (χ0v) is 12.2. The van der Waals surface area contributed by atoms with Crippen LogP contribution in [0.3, 0.4) is 0 Å². The van der Waals surface area contributed by atoms with Crippen molar-refractivity contribution in [2.75, 3.05) is 0 Å². The molecule has 0 saturated heterocycles. The Morgan fingerprint density at radius 1 is 1.19 bits per heavy atom. The Morgan fingerprint density at radius 3 is 2.67 bits per heavy atom. The van der Waals surface area contributed by atoms with Crippen LogP contribution in [0.15, 0.2) is 41.8 Å². The van der Waals surface area contributed by atoms with Gasteiger partial charge in [-0.05, 0) is 29.7 Å². The molecule has 1 aromatic heterocycles. The lowest BCUT2D eigenvalue weighted by Crippen LogP contribution is -2.40. The molecular weight excluding hydrogens is 315 g/mol. The predicted molar refractivity (Wildman–Crippen MR) is 80.4 cm³/mol.